The van der Waals surface area contributed by atoms with E-state index in [0.717, 1.165) is 15.2 Å². The predicted molar refractivity (Wildman–Crippen MR) is 103 cm³/mol. The van der Waals surface area contributed by atoms with Crippen LogP contribution in [0.15, 0.2) is 36.4 Å². The van der Waals surface area contributed by atoms with Gasteiger partial charge in [-0.2, -0.15) is 0 Å². The van der Waals surface area contributed by atoms with Crippen LogP contribution in [0.2, 0.25) is 10.0 Å². The third-order valence-corrected chi connectivity index (χ3v) is 4.45. The van der Waals surface area contributed by atoms with Gasteiger partial charge in [-0.1, -0.05) is 29.3 Å². The first-order chi connectivity index (χ1) is 11.4. The second-order valence-corrected chi connectivity index (χ2v) is 6.74. The lowest BCUT2D eigenvalue weighted by molar-refractivity contribution is -0.131. The number of rotatable bonds is 6. The summed E-state index contributed by atoms with van der Waals surface area (Å²) in [6.07, 6.45) is 2.56. The second-order valence-electron chi connectivity index (χ2n) is 4.73. The molecule has 0 aromatic heterocycles. The summed E-state index contributed by atoms with van der Waals surface area (Å²) in [4.78, 5) is 10.6. The monoisotopic (exact) mass is 478 g/mol. The summed E-state index contributed by atoms with van der Waals surface area (Å²) in [5.74, 6) is 0.0651. The van der Waals surface area contributed by atoms with Crippen LogP contribution in [0.25, 0.3) is 6.08 Å². The third kappa shape index (κ3) is 5.03. The Morgan fingerprint density at radius 1 is 1.29 bits per heavy atom. The molecular formula is C17H13Cl2IO4. The van der Waals surface area contributed by atoms with Gasteiger partial charge in [0.2, 0.25) is 0 Å². The first-order valence-electron chi connectivity index (χ1n) is 6.76. The van der Waals surface area contributed by atoms with Gasteiger partial charge in [-0.05, 0) is 58.5 Å². The molecule has 4 nitrogen and oxygen atoms in total. The molecule has 0 aliphatic carbocycles. The summed E-state index contributed by atoms with van der Waals surface area (Å²) in [6.45, 7) is 0.257. The average molecular weight is 479 g/mol. The zero-order valence-corrected chi connectivity index (χ0v) is 16.2. The molecule has 0 atom stereocenters. The summed E-state index contributed by atoms with van der Waals surface area (Å²) in [5.41, 5.74) is 1.50. The van der Waals surface area contributed by atoms with E-state index in [-0.39, 0.29) is 6.61 Å². The number of halogens is 3. The second kappa shape index (κ2) is 8.60. The number of aliphatic carboxylic acids is 1. The van der Waals surface area contributed by atoms with Crippen LogP contribution in [-0.4, -0.2) is 18.2 Å². The van der Waals surface area contributed by atoms with E-state index in [4.69, 9.17) is 37.8 Å². The molecule has 0 amide bonds. The molecule has 7 heteroatoms. The molecule has 0 fully saturated rings. The van der Waals surface area contributed by atoms with E-state index in [2.05, 4.69) is 22.6 Å². The lowest BCUT2D eigenvalue weighted by atomic mass is 10.2. The molecule has 24 heavy (non-hydrogen) atoms. The largest absolute Gasteiger partial charge is 0.493 e. The SMILES string of the molecule is COc1cc(/C=C/C(=O)O)cc(I)c1OCc1ccc(Cl)cc1Cl. The van der Waals surface area contributed by atoms with Crippen LogP contribution in [0.1, 0.15) is 11.1 Å². The number of hydrogen-bond donors (Lipinski definition) is 1. The average Bonchev–Trinajstić information content (AvgIpc) is 2.52. The Labute approximate surface area is 163 Å². The minimum Gasteiger partial charge on any atom is -0.493 e. The van der Waals surface area contributed by atoms with Crippen LogP contribution in [0.4, 0.5) is 0 Å². The number of hydrogen-bond acceptors (Lipinski definition) is 3. The normalized spacial score (nSPS) is 10.8. The Hall–Kier alpha value is -1.44. The lowest BCUT2D eigenvalue weighted by Crippen LogP contribution is -2.01. The van der Waals surface area contributed by atoms with Gasteiger partial charge in [0.15, 0.2) is 11.5 Å². The van der Waals surface area contributed by atoms with Crippen molar-refractivity contribution in [2.75, 3.05) is 7.11 Å². The number of methoxy groups -OCH3 is 1. The highest BCUT2D eigenvalue weighted by atomic mass is 127. The summed E-state index contributed by atoms with van der Waals surface area (Å²) in [7, 11) is 1.53. The van der Waals surface area contributed by atoms with E-state index in [9.17, 15) is 4.79 Å². The predicted octanol–water partition coefficient (Wildman–Crippen LogP) is 5.28. The van der Waals surface area contributed by atoms with Crippen molar-refractivity contribution < 1.29 is 19.4 Å². The number of ether oxygens (including phenoxy) is 2. The molecule has 2 aromatic carbocycles. The van der Waals surface area contributed by atoms with Crippen molar-refractivity contribution in [3.63, 3.8) is 0 Å². The van der Waals surface area contributed by atoms with Crippen molar-refractivity contribution in [1.29, 1.82) is 0 Å². The van der Waals surface area contributed by atoms with Crippen LogP contribution in [0, 0.1) is 3.57 Å². The maximum atomic E-state index is 10.6. The molecule has 0 heterocycles. The minimum atomic E-state index is -1.01. The van der Waals surface area contributed by atoms with E-state index in [0.29, 0.717) is 27.1 Å². The molecule has 126 valence electrons. The molecule has 0 unspecified atom stereocenters. The van der Waals surface area contributed by atoms with E-state index < -0.39 is 5.97 Å². The Bertz CT molecular complexity index is 790. The lowest BCUT2D eigenvalue weighted by Gasteiger charge is -2.14. The zero-order chi connectivity index (χ0) is 17.7. The molecule has 0 aliphatic rings. The molecule has 0 bridgehead atoms. The van der Waals surface area contributed by atoms with Gasteiger partial charge in [0.05, 0.1) is 10.7 Å². The molecule has 0 saturated heterocycles. The Morgan fingerprint density at radius 3 is 2.67 bits per heavy atom. The van der Waals surface area contributed by atoms with Gasteiger partial charge in [-0.3, -0.25) is 0 Å². The van der Waals surface area contributed by atoms with E-state index in [1.54, 1.807) is 30.3 Å². The summed E-state index contributed by atoms with van der Waals surface area (Å²) < 4.78 is 12.0. The first-order valence-corrected chi connectivity index (χ1v) is 8.59. The van der Waals surface area contributed by atoms with Gasteiger partial charge in [-0.25, -0.2) is 4.79 Å². The maximum Gasteiger partial charge on any atom is 0.328 e. The fraction of sp³-hybridized carbons (Fsp3) is 0.118. The van der Waals surface area contributed by atoms with E-state index in [1.165, 1.54) is 13.2 Å². The van der Waals surface area contributed by atoms with Crippen LogP contribution in [-0.2, 0) is 11.4 Å². The van der Waals surface area contributed by atoms with Crippen molar-refractivity contribution >= 4 is 57.8 Å². The standard InChI is InChI=1S/C17H13Cl2IO4/c1-23-15-7-10(2-5-16(21)22)6-14(20)17(15)24-9-11-3-4-12(18)8-13(11)19/h2-8H,9H2,1H3,(H,21,22)/b5-2+. The molecular weight excluding hydrogens is 466 g/mol. The van der Waals surface area contributed by atoms with Crippen LogP contribution < -0.4 is 9.47 Å². The van der Waals surface area contributed by atoms with Crippen molar-refractivity contribution in [1.82, 2.24) is 0 Å². The maximum absolute atomic E-state index is 10.6. The quantitative estimate of drug-likeness (QED) is 0.453. The molecule has 0 aliphatic heterocycles. The summed E-state index contributed by atoms with van der Waals surface area (Å²) in [6, 6.07) is 8.72. The van der Waals surface area contributed by atoms with Gasteiger partial charge < -0.3 is 14.6 Å². The fourth-order valence-electron chi connectivity index (χ4n) is 1.93. The summed E-state index contributed by atoms with van der Waals surface area (Å²) >= 11 is 14.1. The Balaban J connectivity index is 2.24. The van der Waals surface area contributed by atoms with Crippen molar-refractivity contribution in [2.45, 2.75) is 6.61 Å². The smallest absolute Gasteiger partial charge is 0.328 e. The molecule has 2 aromatic rings. The van der Waals surface area contributed by atoms with Crippen LogP contribution in [0.5, 0.6) is 11.5 Å². The highest BCUT2D eigenvalue weighted by Crippen LogP contribution is 2.35. The highest BCUT2D eigenvalue weighted by Gasteiger charge is 2.12. The number of carboxylic acids is 1. The van der Waals surface area contributed by atoms with Crippen molar-refractivity contribution in [3.05, 3.63) is 61.2 Å². The summed E-state index contributed by atoms with van der Waals surface area (Å²) in [5, 5.41) is 9.80. The van der Waals surface area contributed by atoms with Crippen LogP contribution in [0.3, 0.4) is 0 Å². The van der Waals surface area contributed by atoms with E-state index in [1.807, 2.05) is 0 Å². The van der Waals surface area contributed by atoms with Crippen LogP contribution >= 0.6 is 45.8 Å². The first kappa shape index (κ1) is 18.9. The van der Waals surface area contributed by atoms with Crippen molar-refractivity contribution in [3.8, 4) is 11.5 Å². The number of benzene rings is 2. The third-order valence-electron chi connectivity index (χ3n) is 3.06. The van der Waals surface area contributed by atoms with Crippen molar-refractivity contribution in [2.24, 2.45) is 0 Å². The molecule has 0 saturated carbocycles. The van der Waals surface area contributed by atoms with Gasteiger partial charge in [0, 0.05) is 21.7 Å². The Kier molecular flexibility index (Phi) is 6.77. The van der Waals surface area contributed by atoms with E-state index >= 15 is 0 Å². The number of carboxylic acid groups (broad SMARTS) is 1. The molecule has 0 radical (unpaired) electrons. The molecule has 1 N–H and O–H groups in total. The van der Waals surface area contributed by atoms with Gasteiger partial charge in [-0.15, -0.1) is 0 Å². The highest BCUT2D eigenvalue weighted by molar-refractivity contribution is 14.1. The van der Waals surface area contributed by atoms with Gasteiger partial charge in [0.1, 0.15) is 6.61 Å². The minimum absolute atomic E-state index is 0.257. The molecule has 2 rings (SSSR count). The van der Waals surface area contributed by atoms with Gasteiger partial charge >= 0.3 is 5.97 Å². The molecule has 0 spiro atoms. The zero-order valence-electron chi connectivity index (χ0n) is 12.6. The number of carbonyl (C=O) groups is 1. The fourth-order valence-corrected chi connectivity index (χ4v) is 3.18. The topological polar surface area (TPSA) is 55.8 Å². The Morgan fingerprint density at radius 2 is 2.04 bits per heavy atom. The van der Waals surface area contributed by atoms with Gasteiger partial charge in [0.25, 0.3) is 0 Å².